The Morgan fingerprint density at radius 1 is 1.08 bits per heavy atom. The van der Waals surface area contributed by atoms with Gasteiger partial charge in [0.25, 0.3) is 0 Å². The van der Waals surface area contributed by atoms with E-state index in [9.17, 15) is 0 Å². The smallest absolute Gasteiger partial charge is 0.00519 e. The minimum atomic E-state index is 0.928. The Bertz CT molecular complexity index is 71.5. The van der Waals surface area contributed by atoms with E-state index < -0.39 is 0 Å². The lowest BCUT2D eigenvalue weighted by molar-refractivity contribution is 0.481. The SMILES string of the molecule is CCC.CCC(C)CCCCNC. The molecule has 0 radical (unpaired) electrons. The Kier molecular flexibility index (Phi) is 17.2. The number of hydrogen-bond donors (Lipinski definition) is 1. The Labute approximate surface area is 85.3 Å². The molecule has 1 heteroatoms. The van der Waals surface area contributed by atoms with Crippen molar-refractivity contribution in [3.8, 4) is 0 Å². The third-order valence-corrected chi connectivity index (χ3v) is 2.07. The Balaban J connectivity index is 0. The van der Waals surface area contributed by atoms with E-state index in [-0.39, 0.29) is 0 Å². The second-order valence-electron chi connectivity index (χ2n) is 3.82. The lowest BCUT2D eigenvalue weighted by atomic mass is 10.0. The predicted molar refractivity (Wildman–Crippen MR) is 63.2 cm³/mol. The molecule has 0 aromatic carbocycles. The van der Waals surface area contributed by atoms with Gasteiger partial charge in [-0.05, 0) is 25.9 Å². The first-order valence-electron chi connectivity index (χ1n) is 5.87. The molecular formula is C12H29N. The van der Waals surface area contributed by atoms with E-state index in [4.69, 9.17) is 0 Å². The standard InChI is InChI=1S/C9H21N.C3H8/c1-4-9(2)7-5-6-8-10-3;1-3-2/h9-10H,4-8H2,1-3H3;3H2,1-2H3. The molecule has 0 spiro atoms. The predicted octanol–water partition coefficient (Wildman–Crippen LogP) is 3.84. The second-order valence-corrected chi connectivity index (χ2v) is 3.82. The zero-order valence-electron chi connectivity index (χ0n) is 10.3. The molecular weight excluding hydrogens is 158 g/mol. The third kappa shape index (κ3) is 18.7. The molecule has 0 saturated heterocycles. The Morgan fingerprint density at radius 3 is 2.00 bits per heavy atom. The third-order valence-electron chi connectivity index (χ3n) is 2.07. The fourth-order valence-electron chi connectivity index (χ4n) is 0.999. The fraction of sp³-hybridized carbons (Fsp3) is 1.00. The van der Waals surface area contributed by atoms with Gasteiger partial charge in [-0.15, -0.1) is 0 Å². The van der Waals surface area contributed by atoms with Crippen molar-refractivity contribution in [2.45, 2.75) is 59.8 Å². The first-order chi connectivity index (χ1) is 6.22. The summed E-state index contributed by atoms with van der Waals surface area (Å²) >= 11 is 0. The summed E-state index contributed by atoms with van der Waals surface area (Å²) in [5.41, 5.74) is 0. The molecule has 0 aromatic heterocycles. The minimum absolute atomic E-state index is 0.928. The van der Waals surface area contributed by atoms with Crippen LogP contribution in [0.1, 0.15) is 59.8 Å². The van der Waals surface area contributed by atoms with E-state index in [1.54, 1.807) is 0 Å². The number of hydrogen-bond acceptors (Lipinski definition) is 1. The van der Waals surface area contributed by atoms with Gasteiger partial charge in [-0.1, -0.05) is 53.4 Å². The summed E-state index contributed by atoms with van der Waals surface area (Å²) in [6, 6.07) is 0. The lowest BCUT2D eigenvalue weighted by Gasteiger charge is -2.06. The largest absolute Gasteiger partial charge is 0.320 e. The molecule has 0 bridgehead atoms. The average Bonchev–Trinajstić information content (AvgIpc) is 2.13. The fourth-order valence-corrected chi connectivity index (χ4v) is 0.999. The topological polar surface area (TPSA) is 12.0 Å². The van der Waals surface area contributed by atoms with Crippen molar-refractivity contribution in [2.75, 3.05) is 13.6 Å². The van der Waals surface area contributed by atoms with Crippen LogP contribution in [0.4, 0.5) is 0 Å². The molecule has 82 valence electrons. The molecule has 13 heavy (non-hydrogen) atoms. The van der Waals surface area contributed by atoms with Crippen LogP contribution >= 0.6 is 0 Å². The van der Waals surface area contributed by atoms with Crippen LogP contribution in [-0.2, 0) is 0 Å². The Morgan fingerprint density at radius 2 is 1.62 bits per heavy atom. The van der Waals surface area contributed by atoms with E-state index in [0.717, 1.165) is 5.92 Å². The maximum absolute atomic E-state index is 3.16. The van der Waals surface area contributed by atoms with Gasteiger partial charge < -0.3 is 5.32 Å². The zero-order chi connectivity index (χ0) is 10.5. The molecule has 1 N–H and O–H groups in total. The highest BCUT2D eigenvalue weighted by Gasteiger charge is 1.96. The molecule has 1 nitrogen and oxygen atoms in total. The molecule has 0 saturated carbocycles. The van der Waals surface area contributed by atoms with E-state index in [1.165, 1.54) is 38.6 Å². The molecule has 0 aromatic rings. The summed E-state index contributed by atoms with van der Waals surface area (Å²) in [7, 11) is 2.02. The quantitative estimate of drug-likeness (QED) is 0.623. The van der Waals surface area contributed by atoms with Gasteiger partial charge >= 0.3 is 0 Å². The van der Waals surface area contributed by atoms with Crippen molar-refractivity contribution in [2.24, 2.45) is 5.92 Å². The summed E-state index contributed by atoms with van der Waals surface area (Å²) < 4.78 is 0. The van der Waals surface area contributed by atoms with E-state index in [1.807, 2.05) is 7.05 Å². The monoisotopic (exact) mass is 187 g/mol. The summed E-state index contributed by atoms with van der Waals surface area (Å²) in [6.07, 6.45) is 6.70. The van der Waals surface area contributed by atoms with Crippen molar-refractivity contribution in [1.29, 1.82) is 0 Å². The number of unbranched alkanes of at least 4 members (excludes halogenated alkanes) is 1. The molecule has 1 unspecified atom stereocenters. The van der Waals surface area contributed by atoms with Crippen molar-refractivity contribution >= 4 is 0 Å². The molecule has 0 aliphatic heterocycles. The van der Waals surface area contributed by atoms with Gasteiger partial charge in [0.05, 0.1) is 0 Å². The van der Waals surface area contributed by atoms with Crippen molar-refractivity contribution in [3.05, 3.63) is 0 Å². The van der Waals surface area contributed by atoms with Crippen molar-refractivity contribution < 1.29 is 0 Å². The van der Waals surface area contributed by atoms with Gasteiger partial charge in [0, 0.05) is 0 Å². The summed E-state index contributed by atoms with van der Waals surface area (Å²) in [5.74, 6) is 0.928. The number of rotatable bonds is 6. The molecule has 0 rings (SSSR count). The molecule has 0 aliphatic carbocycles. The van der Waals surface area contributed by atoms with Crippen LogP contribution in [0, 0.1) is 5.92 Å². The second kappa shape index (κ2) is 14.5. The van der Waals surface area contributed by atoms with Gasteiger partial charge in [-0.25, -0.2) is 0 Å². The van der Waals surface area contributed by atoms with Crippen molar-refractivity contribution in [3.63, 3.8) is 0 Å². The van der Waals surface area contributed by atoms with Crippen molar-refractivity contribution in [1.82, 2.24) is 5.32 Å². The minimum Gasteiger partial charge on any atom is -0.320 e. The molecule has 0 amide bonds. The highest BCUT2D eigenvalue weighted by atomic mass is 14.8. The summed E-state index contributed by atoms with van der Waals surface area (Å²) in [4.78, 5) is 0. The van der Waals surface area contributed by atoms with Crippen LogP contribution in [-0.4, -0.2) is 13.6 Å². The molecule has 0 fully saturated rings. The van der Waals surface area contributed by atoms with E-state index in [0.29, 0.717) is 0 Å². The van der Waals surface area contributed by atoms with Crippen LogP contribution in [0.5, 0.6) is 0 Å². The lowest BCUT2D eigenvalue weighted by Crippen LogP contribution is -2.07. The maximum Gasteiger partial charge on any atom is -0.00519 e. The first kappa shape index (κ1) is 15.4. The van der Waals surface area contributed by atoms with Crippen LogP contribution in [0.2, 0.25) is 0 Å². The Hall–Kier alpha value is -0.0400. The van der Waals surface area contributed by atoms with Gasteiger partial charge in [-0.3, -0.25) is 0 Å². The van der Waals surface area contributed by atoms with Crippen LogP contribution in [0.3, 0.4) is 0 Å². The molecule has 0 aliphatic rings. The van der Waals surface area contributed by atoms with Gasteiger partial charge in [0.2, 0.25) is 0 Å². The van der Waals surface area contributed by atoms with Gasteiger partial charge in [-0.2, -0.15) is 0 Å². The van der Waals surface area contributed by atoms with Crippen LogP contribution < -0.4 is 5.32 Å². The first-order valence-corrected chi connectivity index (χ1v) is 5.87. The average molecular weight is 187 g/mol. The molecule has 0 heterocycles. The highest BCUT2D eigenvalue weighted by molar-refractivity contribution is 4.51. The van der Waals surface area contributed by atoms with Crippen LogP contribution in [0.25, 0.3) is 0 Å². The van der Waals surface area contributed by atoms with Gasteiger partial charge in [0.15, 0.2) is 0 Å². The maximum atomic E-state index is 3.16. The zero-order valence-corrected chi connectivity index (χ0v) is 10.3. The van der Waals surface area contributed by atoms with Gasteiger partial charge in [0.1, 0.15) is 0 Å². The number of nitrogens with one attached hydrogen (secondary N) is 1. The normalized spacial score (nSPS) is 11.8. The molecule has 1 atom stereocenters. The highest BCUT2D eigenvalue weighted by Crippen LogP contribution is 2.09. The summed E-state index contributed by atoms with van der Waals surface area (Å²) in [6.45, 7) is 10.0. The van der Waals surface area contributed by atoms with Crippen LogP contribution in [0.15, 0.2) is 0 Å². The van der Waals surface area contributed by atoms with E-state index in [2.05, 4.69) is 33.0 Å². The summed E-state index contributed by atoms with van der Waals surface area (Å²) in [5, 5.41) is 3.16. The van der Waals surface area contributed by atoms with E-state index >= 15 is 0 Å².